The van der Waals surface area contributed by atoms with E-state index in [-0.39, 0.29) is 35.6 Å². The largest absolute Gasteiger partial charge is 0.417 e. The fourth-order valence-electron chi connectivity index (χ4n) is 4.13. The number of hydrogen-bond acceptors (Lipinski definition) is 7. The normalized spacial score (nSPS) is 20.7. The molecule has 1 amide bonds. The number of pyridine rings is 1. The number of aromatic nitrogens is 4. The molecule has 1 fully saturated rings. The third kappa shape index (κ3) is 5.99. The zero-order valence-corrected chi connectivity index (χ0v) is 21.7. The topological polar surface area (TPSA) is 88.0 Å². The molecule has 1 saturated heterocycles. The van der Waals surface area contributed by atoms with E-state index in [1.807, 2.05) is 11.9 Å². The van der Waals surface area contributed by atoms with E-state index in [2.05, 4.69) is 45.0 Å². The second-order valence-corrected chi connectivity index (χ2v) is 9.93. The number of benzene rings is 1. The Bertz CT molecular complexity index is 1390. The molecule has 3 heterocycles. The number of hydrogen-bond donors (Lipinski definition) is 3. The van der Waals surface area contributed by atoms with Crippen LogP contribution in [0.2, 0.25) is 0 Å². The van der Waals surface area contributed by atoms with Crippen molar-refractivity contribution in [2.24, 2.45) is 7.05 Å². The molecular weight excluding hydrogens is 522 g/mol. The fourth-order valence-corrected chi connectivity index (χ4v) is 4.44. The van der Waals surface area contributed by atoms with Crippen LogP contribution in [-0.2, 0) is 7.05 Å². The molecule has 0 saturated carbocycles. The molecule has 202 valence electrons. The number of aryl methyl sites for hydroxylation is 1. The van der Waals surface area contributed by atoms with Crippen molar-refractivity contribution in [3.63, 3.8) is 0 Å². The lowest BCUT2D eigenvalue weighted by atomic mass is 9.99. The van der Waals surface area contributed by atoms with Crippen molar-refractivity contribution in [1.82, 2.24) is 30.2 Å². The van der Waals surface area contributed by atoms with E-state index < -0.39 is 28.7 Å². The molecule has 13 heteroatoms. The minimum absolute atomic E-state index is 0.0708. The highest BCUT2D eigenvalue weighted by molar-refractivity contribution is 7.82. The number of likely N-dealkylation sites (tertiary alicyclic amines) is 1. The van der Waals surface area contributed by atoms with E-state index in [0.717, 1.165) is 0 Å². The van der Waals surface area contributed by atoms with Gasteiger partial charge in [0.1, 0.15) is 11.0 Å². The smallest absolute Gasteiger partial charge is 0.368 e. The molecule has 8 nitrogen and oxygen atoms in total. The van der Waals surface area contributed by atoms with Crippen molar-refractivity contribution in [1.29, 1.82) is 0 Å². The van der Waals surface area contributed by atoms with E-state index in [0.29, 0.717) is 24.0 Å². The molecule has 1 aliphatic rings. The summed E-state index contributed by atoms with van der Waals surface area (Å²) in [5, 5.41) is 14.1. The average Bonchev–Trinajstić information content (AvgIpc) is 3.30. The summed E-state index contributed by atoms with van der Waals surface area (Å²) in [6, 6.07) is 6.36. The molecule has 0 aliphatic carbocycles. The molecule has 1 aromatic carbocycles. The lowest BCUT2D eigenvalue weighted by Gasteiger charge is -2.41. The lowest BCUT2D eigenvalue weighted by Crippen LogP contribution is -2.53. The van der Waals surface area contributed by atoms with Gasteiger partial charge >= 0.3 is 6.18 Å². The number of halogens is 4. The highest BCUT2D eigenvalue weighted by atomic mass is 32.1. The summed E-state index contributed by atoms with van der Waals surface area (Å²) in [6.45, 7) is 4.09. The van der Waals surface area contributed by atoms with Crippen LogP contribution in [0.25, 0.3) is 22.4 Å². The number of allylic oxidation sites excluding steroid dienone is 1. The fraction of sp³-hybridized carbons (Fsp3) is 0.360. The SMILES string of the molecule is C=C(c1nc(/C=C/CNC(=O)c2cnn(C)n2)cc2c(N[C@@]3(S)CCN(C)C[C@@H]3F)cccc12)C(F)(F)F. The molecular formula is C25H27F4N7OS. The Balaban J connectivity index is 1.67. The number of carbonyl (C=O) groups is 1. The van der Waals surface area contributed by atoms with Gasteiger partial charge in [-0.2, -0.15) is 23.1 Å². The number of alkyl halides is 4. The first kappa shape index (κ1) is 27.6. The van der Waals surface area contributed by atoms with E-state index in [1.54, 1.807) is 31.3 Å². The number of anilines is 1. The van der Waals surface area contributed by atoms with Crippen molar-refractivity contribution < 1.29 is 22.4 Å². The molecule has 0 spiro atoms. The van der Waals surface area contributed by atoms with Crippen LogP contribution in [0.3, 0.4) is 0 Å². The Labute approximate surface area is 222 Å². The van der Waals surface area contributed by atoms with Crippen LogP contribution in [0.15, 0.2) is 43.1 Å². The van der Waals surface area contributed by atoms with Crippen LogP contribution in [-0.4, -0.2) is 74.7 Å². The maximum Gasteiger partial charge on any atom is 0.417 e. The van der Waals surface area contributed by atoms with Gasteiger partial charge in [0.2, 0.25) is 0 Å². The number of fused-ring (bicyclic) bond motifs is 1. The maximum absolute atomic E-state index is 15.0. The maximum atomic E-state index is 15.0. The van der Waals surface area contributed by atoms with E-state index in [4.69, 9.17) is 0 Å². The predicted molar refractivity (Wildman–Crippen MR) is 142 cm³/mol. The van der Waals surface area contributed by atoms with Crippen LogP contribution in [0.4, 0.5) is 23.2 Å². The van der Waals surface area contributed by atoms with Gasteiger partial charge in [-0.1, -0.05) is 24.8 Å². The number of nitrogens with one attached hydrogen (secondary N) is 2. The molecule has 0 radical (unpaired) electrons. The molecule has 1 aliphatic heterocycles. The first-order chi connectivity index (χ1) is 17.9. The number of thiol groups is 1. The molecule has 4 rings (SSSR count). The summed E-state index contributed by atoms with van der Waals surface area (Å²) in [7, 11) is 3.39. The minimum atomic E-state index is -4.71. The molecule has 3 aromatic rings. The van der Waals surface area contributed by atoms with Crippen LogP contribution < -0.4 is 10.6 Å². The molecule has 0 bridgehead atoms. The van der Waals surface area contributed by atoms with Crippen molar-refractivity contribution in [2.45, 2.75) is 23.6 Å². The Morgan fingerprint density at radius 2 is 2.08 bits per heavy atom. The predicted octanol–water partition coefficient (Wildman–Crippen LogP) is 4.09. The summed E-state index contributed by atoms with van der Waals surface area (Å²) in [4.78, 5) is 18.2. The van der Waals surface area contributed by atoms with Gasteiger partial charge in [-0.25, -0.2) is 9.37 Å². The summed E-state index contributed by atoms with van der Waals surface area (Å²) in [5.41, 5.74) is -0.683. The Hall–Kier alpha value is -3.45. The van der Waals surface area contributed by atoms with Gasteiger partial charge in [0.15, 0.2) is 5.69 Å². The molecule has 2 N–H and O–H groups in total. The summed E-state index contributed by atoms with van der Waals surface area (Å²) in [5.74, 6) is -0.454. The van der Waals surface area contributed by atoms with Crippen LogP contribution in [0.1, 0.15) is 28.3 Å². The van der Waals surface area contributed by atoms with Crippen LogP contribution in [0.5, 0.6) is 0 Å². The third-order valence-electron chi connectivity index (χ3n) is 6.24. The van der Waals surface area contributed by atoms with Gasteiger partial charge in [0, 0.05) is 43.1 Å². The van der Waals surface area contributed by atoms with Gasteiger partial charge in [-0.15, -0.1) is 17.7 Å². The monoisotopic (exact) mass is 549 g/mol. The van der Waals surface area contributed by atoms with Gasteiger partial charge in [0.25, 0.3) is 5.91 Å². The first-order valence-corrected chi connectivity index (χ1v) is 12.2. The number of carbonyl (C=O) groups excluding carboxylic acids is 1. The second-order valence-electron chi connectivity index (χ2n) is 9.13. The third-order valence-corrected chi connectivity index (χ3v) is 6.86. The minimum Gasteiger partial charge on any atom is -0.368 e. The Kier molecular flexibility index (Phi) is 7.79. The summed E-state index contributed by atoms with van der Waals surface area (Å²) >= 11 is 4.59. The van der Waals surface area contributed by atoms with E-state index in [9.17, 15) is 22.4 Å². The summed E-state index contributed by atoms with van der Waals surface area (Å²) < 4.78 is 56.0. The van der Waals surface area contributed by atoms with Crippen molar-refractivity contribution >= 4 is 46.6 Å². The lowest BCUT2D eigenvalue weighted by molar-refractivity contribution is -0.0688. The zero-order chi connectivity index (χ0) is 27.7. The van der Waals surface area contributed by atoms with Gasteiger partial charge in [-0.3, -0.25) is 4.79 Å². The molecule has 38 heavy (non-hydrogen) atoms. The van der Waals surface area contributed by atoms with Gasteiger partial charge in [-0.05, 0) is 31.7 Å². The quantitative estimate of drug-likeness (QED) is 0.234. The van der Waals surface area contributed by atoms with Crippen molar-refractivity contribution in [3.05, 3.63) is 60.2 Å². The number of piperidine rings is 1. The number of nitrogens with zero attached hydrogens (tertiary/aromatic N) is 5. The van der Waals surface area contributed by atoms with Crippen molar-refractivity contribution in [2.75, 3.05) is 32.0 Å². The van der Waals surface area contributed by atoms with E-state index >= 15 is 0 Å². The zero-order valence-electron chi connectivity index (χ0n) is 20.8. The highest BCUT2D eigenvalue weighted by Gasteiger charge is 2.40. The standard InChI is InChI=1S/C25H27F4N7OS/c1-15(25(27,28)29)22-17-7-4-8-19(33-24(38)9-11-35(2)14-21(24)26)18(17)12-16(32-22)6-5-10-30-23(37)20-13-31-36(3)34-20/h4-8,12-13,21,33,38H,1,9-11,14H2,2-3H3,(H,30,37)/b6-5+/t21-,24+/m0/s1. The first-order valence-electron chi connectivity index (χ1n) is 11.7. The summed E-state index contributed by atoms with van der Waals surface area (Å²) in [6.07, 6.45) is -1.29. The molecule has 2 atom stereocenters. The highest BCUT2D eigenvalue weighted by Crippen LogP contribution is 2.39. The number of rotatable bonds is 7. The Morgan fingerprint density at radius 1 is 1.32 bits per heavy atom. The molecule has 0 unspecified atom stereocenters. The van der Waals surface area contributed by atoms with Gasteiger partial charge in [0.05, 0.1) is 23.2 Å². The number of amides is 1. The molecule has 2 aromatic heterocycles. The van der Waals surface area contributed by atoms with E-state index in [1.165, 1.54) is 23.1 Å². The van der Waals surface area contributed by atoms with Crippen molar-refractivity contribution in [3.8, 4) is 0 Å². The Morgan fingerprint density at radius 3 is 2.74 bits per heavy atom. The second kappa shape index (κ2) is 10.7. The van der Waals surface area contributed by atoms with Crippen LogP contribution in [0, 0.1) is 0 Å². The van der Waals surface area contributed by atoms with Crippen LogP contribution >= 0.6 is 12.6 Å². The average molecular weight is 550 g/mol. The van der Waals surface area contributed by atoms with Gasteiger partial charge < -0.3 is 15.5 Å².